The van der Waals surface area contributed by atoms with Crippen LogP contribution in [0.2, 0.25) is 0 Å². The quantitative estimate of drug-likeness (QED) is 0.887. The Hall–Kier alpha value is -2.63. The van der Waals surface area contributed by atoms with Crippen LogP contribution in [0.4, 0.5) is 5.69 Å². The van der Waals surface area contributed by atoms with E-state index in [0.29, 0.717) is 12.2 Å². The molecule has 0 aliphatic heterocycles. The molecule has 0 saturated heterocycles. The van der Waals surface area contributed by atoms with Crippen molar-refractivity contribution in [3.05, 3.63) is 41.3 Å². The number of carboxylic acid groups (broad SMARTS) is 1. The summed E-state index contributed by atoms with van der Waals surface area (Å²) >= 11 is 0. The molecule has 2 aromatic rings. The Bertz CT molecular complexity index is 656. The Labute approximate surface area is 116 Å². The van der Waals surface area contributed by atoms with Crippen LogP contribution in [0.5, 0.6) is 11.6 Å². The molecule has 2 heterocycles. The van der Waals surface area contributed by atoms with Crippen LogP contribution in [0.1, 0.15) is 28.8 Å². The summed E-state index contributed by atoms with van der Waals surface area (Å²) in [4.78, 5) is 19.2. The van der Waals surface area contributed by atoms with Crippen molar-refractivity contribution in [3.8, 4) is 11.6 Å². The molecule has 0 spiro atoms. The molecule has 0 saturated carbocycles. The summed E-state index contributed by atoms with van der Waals surface area (Å²) in [5.74, 6) is -0.530. The molecular formula is C14H15N3O3. The van der Waals surface area contributed by atoms with E-state index in [2.05, 4.69) is 9.97 Å². The third-order valence-corrected chi connectivity index (χ3v) is 2.72. The van der Waals surface area contributed by atoms with Crippen molar-refractivity contribution in [2.75, 3.05) is 5.73 Å². The number of carbonyl (C=O) groups is 1. The highest BCUT2D eigenvalue weighted by molar-refractivity contribution is 5.86. The molecule has 0 atom stereocenters. The minimum absolute atomic E-state index is 0.0743. The van der Waals surface area contributed by atoms with E-state index in [-0.39, 0.29) is 17.3 Å². The second-order valence-corrected chi connectivity index (χ2v) is 4.25. The van der Waals surface area contributed by atoms with Crippen LogP contribution >= 0.6 is 0 Å². The number of nitrogen functional groups attached to an aromatic ring is 1. The van der Waals surface area contributed by atoms with Crippen LogP contribution in [0.15, 0.2) is 24.3 Å². The molecule has 104 valence electrons. The zero-order valence-electron chi connectivity index (χ0n) is 11.3. The van der Waals surface area contributed by atoms with Gasteiger partial charge in [0.05, 0.1) is 11.4 Å². The first-order chi connectivity index (χ1) is 9.51. The number of nitrogens with two attached hydrogens (primary N) is 1. The lowest BCUT2D eigenvalue weighted by molar-refractivity contribution is 0.0689. The summed E-state index contributed by atoms with van der Waals surface area (Å²) in [6, 6.07) is 6.37. The number of carboxylic acids is 1. The molecule has 0 aliphatic carbocycles. The Kier molecular flexibility index (Phi) is 3.84. The number of rotatable bonds is 4. The molecule has 0 radical (unpaired) electrons. The van der Waals surface area contributed by atoms with Gasteiger partial charge >= 0.3 is 5.97 Å². The summed E-state index contributed by atoms with van der Waals surface area (Å²) in [5.41, 5.74) is 7.57. The predicted molar refractivity (Wildman–Crippen MR) is 74.0 cm³/mol. The number of anilines is 1. The monoisotopic (exact) mass is 273 g/mol. The molecule has 2 aromatic heterocycles. The van der Waals surface area contributed by atoms with Crippen LogP contribution in [0.3, 0.4) is 0 Å². The number of aryl methyl sites for hydroxylation is 2. The molecule has 6 heteroatoms. The smallest absolute Gasteiger partial charge is 0.354 e. The van der Waals surface area contributed by atoms with Crippen molar-refractivity contribution in [2.45, 2.75) is 20.3 Å². The van der Waals surface area contributed by atoms with Crippen LogP contribution in [0, 0.1) is 6.92 Å². The average Bonchev–Trinajstić information content (AvgIpc) is 2.42. The van der Waals surface area contributed by atoms with E-state index in [0.717, 1.165) is 11.4 Å². The number of ether oxygens (including phenoxy) is 1. The zero-order chi connectivity index (χ0) is 14.7. The van der Waals surface area contributed by atoms with E-state index in [4.69, 9.17) is 15.6 Å². The predicted octanol–water partition coefficient (Wildman–Crippen LogP) is 2.42. The normalized spacial score (nSPS) is 10.3. The van der Waals surface area contributed by atoms with Crippen molar-refractivity contribution in [2.24, 2.45) is 0 Å². The topological polar surface area (TPSA) is 98.3 Å². The van der Waals surface area contributed by atoms with Gasteiger partial charge in [0.25, 0.3) is 0 Å². The Morgan fingerprint density at radius 2 is 2.05 bits per heavy atom. The van der Waals surface area contributed by atoms with E-state index in [1.807, 2.05) is 19.9 Å². The first-order valence-electron chi connectivity index (χ1n) is 6.15. The standard InChI is InChI=1S/C14H15N3O3/c1-3-10-12(7-4-8(2)16-10)20-13-9(15)5-6-11(17-13)14(18)19/h4-7H,3,15H2,1-2H3,(H,18,19). The lowest BCUT2D eigenvalue weighted by atomic mass is 10.2. The van der Waals surface area contributed by atoms with Gasteiger partial charge in [-0.15, -0.1) is 0 Å². The third-order valence-electron chi connectivity index (χ3n) is 2.72. The van der Waals surface area contributed by atoms with Gasteiger partial charge in [-0.3, -0.25) is 4.98 Å². The van der Waals surface area contributed by atoms with Gasteiger partial charge in [-0.25, -0.2) is 9.78 Å². The number of nitrogens with zero attached hydrogens (tertiary/aromatic N) is 2. The molecule has 0 unspecified atom stereocenters. The van der Waals surface area contributed by atoms with Crippen LogP contribution in [0.25, 0.3) is 0 Å². The minimum atomic E-state index is -1.13. The SMILES string of the molecule is CCc1nc(C)ccc1Oc1nc(C(=O)O)ccc1N. The van der Waals surface area contributed by atoms with Crippen molar-refractivity contribution in [1.82, 2.24) is 9.97 Å². The second-order valence-electron chi connectivity index (χ2n) is 4.25. The lowest BCUT2D eigenvalue weighted by Gasteiger charge is -2.11. The molecule has 0 amide bonds. The fraction of sp³-hybridized carbons (Fsp3) is 0.214. The lowest BCUT2D eigenvalue weighted by Crippen LogP contribution is -2.04. The maximum atomic E-state index is 10.9. The van der Waals surface area contributed by atoms with E-state index in [9.17, 15) is 4.79 Å². The summed E-state index contributed by atoms with van der Waals surface area (Å²) in [5, 5.41) is 8.93. The molecule has 0 bridgehead atoms. The maximum absolute atomic E-state index is 10.9. The highest BCUT2D eigenvalue weighted by Gasteiger charge is 2.12. The number of pyridine rings is 2. The summed E-state index contributed by atoms with van der Waals surface area (Å²) in [6.45, 7) is 3.85. The van der Waals surface area contributed by atoms with Crippen molar-refractivity contribution >= 4 is 11.7 Å². The van der Waals surface area contributed by atoms with E-state index in [1.54, 1.807) is 6.07 Å². The van der Waals surface area contributed by atoms with Gasteiger partial charge in [0.15, 0.2) is 11.4 Å². The summed E-state index contributed by atoms with van der Waals surface area (Å²) < 4.78 is 5.62. The van der Waals surface area contributed by atoms with Gasteiger partial charge in [0.1, 0.15) is 0 Å². The van der Waals surface area contributed by atoms with Gasteiger partial charge in [-0.05, 0) is 37.6 Å². The minimum Gasteiger partial charge on any atom is -0.477 e. The fourth-order valence-corrected chi connectivity index (χ4v) is 1.70. The van der Waals surface area contributed by atoms with Gasteiger partial charge in [0.2, 0.25) is 5.88 Å². The number of aromatic carboxylic acids is 1. The molecule has 0 fully saturated rings. The highest BCUT2D eigenvalue weighted by Crippen LogP contribution is 2.28. The highest BCUT2D eigenvalue weighted by atomic mass is 16.5. The largest absolute Gasteiger partial charge is 0.477 e. The van der Waals surface area contributed by atoms with E-state index >= 15 is 0 Å². The van der Waals surface area contributed by atoms with E-state index < -0.39 is 5.97 Å². The van der Waals surface area contributed by atoms with Crippen molar-refractivity contribution in [1.29, 1.82) is 0 Å². The molecular weight excluding hydrogens is 258 g/mol. The Balaban J connectivity index is 2.39. The van der Waals surface area contributed by atoms with E-state index in [1.165, 1.54) is 12.1 Å². The fourth-order valence-electron chi connectivity index (χ4n) is 1.70. The summed E-state index contributed by atoms with van der Waals surface area (Å²) in [7, 11) is 0. The van der Waals surface area contributed by atoms with Gasteiger partial charge in [-0.2, -0.15) is 0 Å². The molecule has 3 N–H and O–H groups in total. The average molecular weight is 273 g/mol. The van der Waals surface area contributed by atoms with Gasteiger partial charge in [0, 0.05) is 5.69 Å². The Morgan fingerprint density at radius 3 is 2.70 bits per heavy atom. The third kappa shape index (κ3) is 2.85. The second kappa shape index (κ2) is 5.56. The van der Waals surface area contributed by atoms with Crippen LogP contribution in [-0.4, -0.2) is 21.0 Å². The number of hydrogen-bond acceptors (Lipinski definition) is 5. The molecule has 2 rings (SSSR count). The van der Waals surface area contributed by atoms with Gasteiger partial charge < -0.3 is 15.6 Å². The van der Waals surface area contributed by atoms with Crippen LogP contribution in [-0.2, 0) is 6.42 Å². The number of aromatic nitrogens is 2. The number of hydrogen-bond donors (Lipinski definition) is 2. The van der Waals surface area contributed by atoms with Crippen molar-refractivity contribution < 1.29 is 14.6 Å². The first-order valence-corrected chi connectivity index (χ1v) is 6.15. The molecule has 0 aliphatic rings. The first kappa shape index (κ1) is 13.8. The molecule has 20 heavy (non-hydrogen) atoms. The maximum Gasteiger partial charge on any atom is 0.354 e. The van der Waals surface area contributed by atoms with Crippen molar-refractivity contribution in [3.63, 3.8) is 0 Å². The zero-order valence-corrected chi connectivity index (χ0v) is 11.3. The Morgan fingerprint density at radius 1 is 1.30 bits per heavy atom. The summed E-state index contributed by atoms with van der Waals surface area (Å²) in [6.07, 6.45) is 0.690. The van der Waals surface area contributed by atoms with Gasteiger partial charge in [-0.1, -0.05) is 6.92 Å². The van der Waals surface area contributed by atoms with Crippen LogP contribution < -0.4 is 10.5 Å². The molecule has 0 aromatic carbocycles. The molecule has 6 nitrogen and oxygen atoms in total.